The molecule has 1 N–H and O–H groups in total. The lowest BCUT2D eigenvalue weighted by atomic mass is 9.92. The van der Waals surface area contributed by atoms with Gasteiger partial charge in [0.2, 0.25) is 10.0 Å². The van der Waals surface area contributed by atoms with Crippen LogP contribution in [-0.2, 0) is 10.0 Å². The van der Waals surface area contributed by atoms with Crippen molar-refractivity contribution in [1.82, 2.24) is 9.62 Å². The van der Waals surface area contributed by atoms with Crippen LogP contribution in [-0.4, -0.2) is 44.2 Å². The van der Waals surface area contributed by atoms with Gasteiger partial charge in [-0.05, 0) is 0 Å². The van der Waals surface area contributed by atoms with E-state index in [0.717, 1.165) is 6.54 Å². The van der Waals surface area contributed by atoms with Crippen LogP contribution in [0.1, 0.15) is 0 Å². The third-order valence-electron chi connectivity index (χ3n) is 2.23. The Morgan fingerprint density at radius 3 is 2.40 bits per heavy atom. The van der Waals surface area contributed by atoms with Crippen LogP contribution in [0.5, 0.6) is 0 Å². The molecule has 2 heterocycles. The first-order valence-corrected chi connectivity index (χ1v) is 5.14. The molecule has 0 amide bonds. The van der Waals surface area contributed by atoms with Crippen molar-refractivity contribution < 1.29 is 8.42 Å². The molecule has 2 aliphatic rings. The number of piperazine rings is 1. The van der Waals surface area contributed by atoms with Gasteiger partial charge in [0.1, 0.15) is 0 Å². The maximum absolute atomic E-state index is 10.9. The lowest BCUT2D eigenvalue weighted by Crippen LogP contribution is -2.78. The molecule has 2 saturated heterocycles. The molecule has 10 heavy (non-hydrogen) atoms. The highest BCUT2D eigenvalue weighted by Gasteiger charge is 2.49. The third-order valence-corrected chi connectivity index (χ3v) is 3.50. The molecule has 0 aromatic carbocycles. The number of nitrogens with zero attached hydrogens (tertiary/aromatic N) is 1. The lowest BCUT2D eigenvalue weighted by molar-refractivity contribution is 0.0575. The van der Waals surface area contributed by atoms with Gasteiger partial charge in [0.15, 0.2) is 0 Å². The summed E-state index contributed by atoms with van der Waals surface area (Å²) in [5.41, 5.74) is 0. The minimum Gasteiger partial charge on any atom is -0.309 e. The topological polar surface area (TPSA) is 49.4 Å². The summed E-state index contributed by atoms with van der Waals surface area (Å²) in [6.45, 7) is 1.50. The smallest absolute Gasteiger partial charge is 0.211 e. The van der Waals surface area contributed by atoms with E-state index in [4.69, 9.17) is 0 Å². The molecule has 0 spiro atoms. The van der Waals surface area contributed by atoms with E-state index in [1.165, 1.54) is 6.26 Å². The van der Waals surface area contributed by atoms with Crippen molar-refractivity contribution in [3.05, 3.63) is 0 Å². The number of sulfonamides is 1. The summed E-state index contributed by atoms with van der Waals surface area (Å²) in [5, 5.41) is 3.14. The van der Waals surface area contributed by atoms with Gasteiger partial charge in [0, 0.05) is 19.1 Å². The van der Waals surface area contributed by atoms with Gasteiger partial charge in [-0.2, -0.15) is 4.31 Å². The standard InChI is InChI=1S/C5H10N2O2S/c1-10(8,9)7-3-4-5(7)2-6-4/h4-6H,2-3H2,1H3/t4?,5-/m1/s1. The second-order valence-electron chi connectivity index (χ2n) is 2.91. The van der Waals surface area contributed by atoms with E-state index < -0.39 is 10.0 Å². The van der Waals surface area contributed by atoms with E-state index >= 15 is 0 Å². The van der Waals surface area contributed by atoms with Crippen LogP contribution in [0.25, 0.3) is 0 Å². The van der Waals surface area contributed by atoms with Crippen LogP contribution in [0.2, 0.25) is 0 Å². The molecule has 0 radical (unpaired) electrons. The van der Waals surface area contributed by atoms with Gasteiger partial charge in [-0.25, -0.2) is 8.42 Å². The fourth-order valence-electron chi connectivity index (χ4n) is 1.45. The van der Waals surface area contributed by atoms with Gasteiger partial charge in [0.05, 0.1) is 12.3 Å². The Hall–Kier alpha value is -0.130. The lowest BCUT2D eigenvalue weighted by Gasteiger charge is -2.54. The Kier molecular flexibility index (Phi) is 1.13. The van der Waals surface area contributed by atoms with E-state index in [1.54, 1.807) is 4.31 Å². The first-order valence-electron chi connectivity index (χ1n) is 3.29. The summed E-state index contributed by atoms with van der Waals surface area (Å²) < 4.78 is 23.4. The molecule has 4 nitrogen and oxygen atoms in total. The fourth-order valence-corrected chi connectivity index (χ4v) is 2.60. The van der Waals surface area contributed by atoms with Crippen molar-refractivity contribution in [2.24, 2.45) is 0 Å². The summed E-state index contributed by atoms with van der Waals surface area (Å²) in [4.78, 5) is 0. The average Bonchev–Trinajstić information content (AvgIpc) is 1.74. The van der Waals surface area contributed by atoms with Crippen LogP contribution in [0.4, 0.5) is 0 Å². The molecule has 0 aliphatic carbocycles. The molecule has 0 saturated carbocycles. The molecule has 2 aliphatic heterocycles. The van der Waals surface area contributed by atoms with Crippen molar-refractivity contribution in [2.45, 2.75) is 12.1 Å². The van der Waals surface area contributed by atoms with Gasteiger partial charge in [0.25, 0.3) is 0 Å². The summed E-state index contributed by atoms with van der Waals surface area (Å²) in [6.07, 6.45) is 1.27. The highest BCUT2D eigenvalue weighted by molar-refractivity contribution is 7.88. The second kappa shape index (κ2) is 1.72. The van der Waals surface area contributed by atoms with E-state index in [-0.39, 0.29) is 6.04 Å². The van der Waals surface area contributed by atoms with Crippen LogP contribution < -0.4 is 5.32 Å². The molecule has 2 fully saturated rings. The molecule has 0 bridgehead atoms. The Labute approximate surface area is 60.3 Å². The van der Waals surface area contributed by atoms with Crippen molar-refractivity contribution in [3.63, 3.8) is 0 Å². The Morgan fingerprint density at radius 1 is 1.60 bits per heavy atom. The Morgan fingerprint density at radius 2 is 2.30 bits per heavy atom. The summed E-state index contributed by atoms with van der Waals surface area (Å²) >= 11 is 0. The highest BCUT2D eigenvalue weighted by Crippen LogP contribution is 2.26. The fraction of sp³-hybridized carbons (Fsp3) is 1.00. The molecule has 1 unspecified atom stereocenters. The molecular weight excluding hydrogens is 152 g/mol. The van der Waals surface area contributed by atoms with Crippen molar-refractivity contribution in [2.75, 3.05) is 19.3 Å². The van der Waals surface area contributed by atoms with E-state index in [0.29, 0.717) is 12.6 Å². The number of rotatable bonds is 1. The van der Waals surface area contributed by atoms with E-state index in [1.807, 2.05) is 0 Å². The normalized spacial score (nSPS) is 39.7. The summed E-state index contributed by atoms with van der Waals surface area (Å²) in [6, 6.07) is 0.727. The molecular formula is C5H10N2O2S. The number of fused-ring (bicyclic) bond motifs is 1. The summed E-state index contributed by atoms with van der Waals surface area (Å²) in [7, 11) is -2.90. The third kappa shape index (κ3) is 0.710. The van der Waals surface area contributed by atoms with Crippen molar-refractivity contribution in [1.29, 1.82) is 0 Å². The number of hydrogen-bond donors (Lipinski definition) is 1. The number of hydrogen-bond acceptors (Lipinski definition) is 3. The average molecular weight is 162 g/mol. The monoisotopic (exact) mass is 162 g/mol. The SMILES string of the molecule is CS(=O)(=O)N1CC2NC[C@H]21. The zero-order valence-electron chi connectivity index (χ0n) is 5.74. The molecule has 0 aromatic rings. The molecule has 58 valence electrons. The van der Waals surface area contributed by atoms with Crippen LogP contribution in [0.3, 0.4) is 0 Å². The predicted octanol–water partition coefficient (Wildman–Crippen LogP) is -1.40. The van der Waals surface area contributed by atoms with Crippen LogP contribution >= 0.6 is 0 Å². The van der Waals surface area contributed by atoms with Gasteiger partial charge >= 0.3 is 0 Å². The van der Waals surface area contributed by atoms with Crippen LogP contribution in [0.15, 0.2) is 0 Å². The molecule has 5 heteroatoms. The minimum absolute atomic E-state index is 0.273. The summed E-state index contributed by atoms with van der Waals surface area (Å²) in [5.74, 6) is 0. The van der Waals surface area contributed by atoms with Crippen molar-refractivity contribution in [3.8, 4) is 0 Å². The zero-order chi connectivity index (χ0) is 7.35. The second-order valence-corrected chi connectivity index (χ2v) is 4.85. The number of nitrogens with one attached hydrogen (secondary N) is 1. The Balaban J connectivity index is 2.11. The predicted molar refractivity (Wildman–Crippen MR) is 37.1 cm³/mol. The van der Waals surface area contributed by atoms with E-state index in [9.17, 15) is 8.42 Å². The minimum atomic E-state index is -2.90. The zero-order valence-corrected chi connectivity index (χ0v) is 6.56. The van der Waals surface area contributed by atoms with Gasteiger partial charge in [-0.1, -0.05) is 0 Å². The maximum atomic E-state index is 10.9. The first kappa shape index (κ1) is 6.57. The molecule has 2 atom stereocenters. The Bertz CT molecular complexity index is 248. The molecule has 2 rings (SSSR count). The molecule has 0 aromatic heterocycles. The van der Waals surface area contributed by atoms with Crippen molar-refractivity contribution >= 4 is 10.0 Å². The largest absolute Gasteiger partial charge is 0.309 e. The quantitative estimate of drug-likeness (QED) is 0.516. The highest BCUT2D eigenvalue weighted by atomic mass is 32.2. The maximum Gasteiger partial charge on any atom is 0.211 e. The van der Waals surface area contributed by atoms with Crippen LogP contribution in [0, 0.1) is 0 Å². The van der Waals surface area contributed by atoms with Gasteiger partial charge < -0.3 is 5.32 Å². The first-order chi connectivity index (χ1) is 4.59. The van der Waals surface area contributed by atoms with Gasteiger partial charge in [-0.3, -0.25) is 0 Å². The van der Waals surface area contributed by atoms with Gasteiger partial charge in [-0.15, -0.1) is 0 Å². The van der Waals surface area contributed by atoms with E-state index in [2.05, 4.69) is 5.32 Å².